The molecule has 2 aliphatic rings. The summed E-state index contributed by atoms with van der Waals surface area (Å²) in [5.74, 6) is 1.18. The number of aromatic nitrogens is 2. The minimum atomic E-state index is 0.0178. The molecule has 4 rings (SSSR count). The Labute approximate surface area is 184 Å². The molecule has 0 saturated carbocycles. The molecule has 1 aromatic carbocycles. The van der Waals surface area contributed by atoms with Gasteiger partial charge in [-0.05, 0) is 50.4 Å². The summed E-state index contributed by atoms with van der Waals surface area (Å²) in [6.07, 6.45) is 4.84. The maximum absolute atomic E-state index is 12.4. The summed E-state index contributed by atoms with van der Waals surface area (Å²) < 4.78 is 5.89. The maximum atomic E-state index is 12.4. The van der Waals surface area contributed by atoms with E-state index in [4.69, 9.17) is 10.5 Å². The van der Waals surface area contributed by atoms with E-state index in [1.165, 1.54) is 31.5 Å². The average molecular weight is 424 g/mol. The van der Waals surface area contributed by atoms with E-state index in [0.717, 1.165) is 24.9 Å². The Morgan fingerprint density at radius 2 is 1.77 bits per heavy atom. The monoisotopic (exact) mass is 423 g/mol. The number of anilines is 2. The normalized spacial score (nSPS) is 17.6. The fourth-order valence-electron chi connectivity index (χ4n) is 4.44. The SMILES string of the molecule is CCC[C@H](C)Oc1nc(N)c2c(n1)N(Cc1ccc(CN3CCCC3)cc1)CC(=O)C2. The number of hydrogen-bond acceptors (Lipinski definition) is 7. The summed E-state index contributed by atoms with van der Waals surface area (Å²) in [6.45, 7) is 8.44. The highest BCUT2D eigenvalue weighted by Crippen LogP contribution is 2.31. The first-order chi connectivity index (χ1) is 15.0. The number of nitrogen functional groups attached to an aromatic ring is 1. The number of likely N-dealkylation sites (tertiary alicyclic amines) is 1. The maximum Gasteiger partial charge on any atom is 0.320 e. The fraction of sp³-hybridized carbons (Fsp3) is 0.542. The van der Waals surface area contributed by atoms with Crippen LogP contribution in [-0.2, 0) is 24.3 Å². The lowest BCUT2D eigenvalue weighted by Crippen LogP contribution is -2.37. The quantitative estimate of drug-likeness (QED) is 0.697. The Morgan fingerprint density at radius 3 is 2.45 bits per heavy atom. The lowest BCUT2D eigenvalue weighted by molar-refractivity contribution is -0.117. The summed E-state index contributed by atoms with van der Waals surface area (Å²) in [6, 6.07) is 8.97. The van der Waals surface area contributed by atoms with Gasteiger partial charge in [-0.1, -0.05) is 37.6 Å². The molecule has 1 saturated heterocycles. The second kappa shape index (κ2) is 9.64. The van der Waals surface area contributed by atoms with Crippen LogP contribution in [0.5, 0.6) is 6.01 Å². The molecule has 2 N–H and O–H groups in total. The number of ketones is 1. The van der Waals surface area contributed by atoms with Crippen molar-refractivity contribution in [3.8, 4) is 6.01 Å². The van der Waals surface area contributed by atoms with Crippen LogP contribution in [-0.4, -0.2) is 46.4 Å². The van der Waals surface area contributed by atoms with Gasteiger partial charge in [-0.3, -0.25) is 9.69 Å². The Bertz CT molecular complexity index is 909. The molecule has 2 aliphatic heterocycles. The molecule has 31 heavy (non-hydrogen) atoms. The van der Waals surface area contributed by atoms with Crippen molar-refractivity contribution in [2.45, 2.75) is 65.1 Å². The van der Waals surface area contributed by atoms with Crippen LogP contribution in [0.3, 0.4) is 0 Å². The van der Waals surface area contributed by atoms with Crippen molar-refractivity contribution < 1.29 is 9.53 Å². The molecular formula is C24H33N5O2. The van der Waals surface area contributed by atoms with Crippen LogP contribution in [0.1, 0.15) is 56.2 Å². The smallest absolute Gasteiger partial charge is 0.320 e. The van der Waals surface area contributed by atoms with E-state index in [-0.39, 0.29) is 24.3 Å². The van der Waals surface area contributed by atoms with Gasteiger partial charge in [0.05, 0.1) is 12.6 Å². The van der Waals surface area contributed by atoms with Crippen molar-refractivity contribution in [1.82, 2.24) is 14.9 Å². The standard InChI is InChI=1S/C24H33N5O2/c1-3-6-17(2)31-24-26-22(25)21-13-20(30)16-29(23(21)27-24)15-19-9-7-18(8-10-19)14-28-11-4-5-12-28/h7-10,17H,3-6,11-16H2,1-2H3,(H2,25,26,27)/t17-/m0/s1. The van der Waals surface area contributed by atoms with Crippen molar-refractivity contribution in [3.63, 3.8) is 0 Å². The van der Waals surface area contributed by atoms with Crippen LogP contribution in [0, 0.1) is 0 Å². The minimum Gasteiger partial charge on any atom is -0.460 e. The fourth-order valence-corrected chi connectivity index (χ4v) is 4.44. The number of carbonyl (C=O) groups is 1. The lowest BCUT2D eigenvalue weighted by atomic mass is 10.0. The number of ether oxygens (including phenoxy) is 1. The van der Waals surface area contributed by atoms with E-state index in [0.29, 0.717) is 30.3 Å². The number of benzene rings is 1. The summed E-state index contributed by atoms with van der Waals surface area (Å²) in [5.41, 5.74) is 9.37. The zero-order chi connectivity index (χ0) is 21.8. The molecule has 0 bridgehead atoms. The summed E-state index contributed by atoms with van der Waals surface area (Å²) in [5, 5.41) is 0. The van der Waals surface area contributed by atoms with Gasteiger partial charge in [0.15, 0.2) is 5.78 Å². The van der Waals surface area contributed by atoms with Gasteiger partial charge in [0.25, 0.3) is 0 Å². The van der Waals surface area contributed by atoms with Crippen molar-refractivity contribution in [2.24, 2.45) is 0 Å². The van der Waals surface area contributed by atoms with Crippen LogP contribution < -0.4 is 15.4 Å². The van der Waals surface area contributed by atoms with Gasteiger partial charge < -0.3 is 15.4 Å². The molecule has 1 aromatic heterocycles. The first-order valence-corrected chi connectivity index (χ1v) is 11.4. The van der Waals surface area contributed by atoms with Gasteiger partial charge in [0.2, 0.25) is 0 Å². The van der Waals surface area contributed by atoms with Gasteiger partial charge in [-0.2, -0.15) is 9.97 Å². The zero-order valence-corrected chi connectivity index (χ0v) is 18.6. The minimum absolute atomic E-state index is 0.0178. The van der Waals surface area contributed by atoms with Crippen molar-refractivity contribution in [2.75, 3.05) is 30.3 Å². The second-order valence-electron chi connectivity index (χ2n) is 8.78. The molecule has 1 atom stereocenters. The average Bonchev–Trinajstić information content (AvgIpc) is 3.23. The summed E-state index contributed by atoms with van der Waals surface area (Å²) >= 11 is 0. The number of fused-ring (bicyclic) bond motifs is 1. The third kappa shape index (κ3) is 5.34. The van der Waals surface area contributed by atoms with Crippen molar-refractivity contribution in [3.05, 3.63) is 41.0 Å². The van der Waals surface area contributed by atoms with Gasteiger partial charge in [0, 0.05) is 25.1 Å². The number of Topliss-reactive ketones (excluding diaryl/α,β-unsaturated/α-hetero) is 1. The highest BCUT2D eigenvalue weighted by molar-refractivity contribution is 5.91. The predicted molar refractivity (Wildman–Crippen MR) is 122 cm³/mol. The lowest BCUT2D eigenvalue weighted by Gasteiger charge is -2.30. The summed E-state index contributed by atoms with van der Waals surface area (Å²) in [7, 11) is 0. The number of carbonyl (C=O) groups excluding carboxylic acids is 1. The number of rotatable bonds is 8. The number of nitrogens with zero attached hydrogens (tertiary/aromatic N) is 4. The molecule has 0 radical (unpaired) electrons. The molecule has 3 heterocycles. The van der Waals surface area contributed by atoms with Gasteiger partial charge in [-0.15, -0.1) is 0 Å². The topological polar surface area (TPSA) is 84.6 Å². The highest BCUT2D eigenvalue weighted by Gasteiger charge is 2.28. The molecule has 0 aliphatic carbocycles. The van der Waals surface area contributed by atoms with Crippen LogP contribution in [0.25, 0.3) is 0 Å². The molecule has 7 nitrogen and oxygen atoms in total. The molecule has 1 fully saturated rings. The Morgan fingerprint density at radius 1 is 1.10 bits per heavy atom. The van der Waals surface area contributed by atoms with E-state index >= 15 is 0 Å². The van der Waals surface area contributed by atoms with Gasteiger partial charge in [-0.25, -0.2) is 0 Å². The van der Waals surface area contributed by atoms with E-state index in [1.807, 2.05) is 11.8 Å². The van der Waals surface area contributed by atoms with E-state index < -0.39 is 0 Å². The Hall–Kier alpha value is -2.67. The first-order valence-electron chi connectivity index (χ1n) is 11.4. The number of hydrogen-bond donors (Lipinski definition) is 1. The van der Waals surface area contributed by atoms with Crippen molar-refractivity contribution >= 4 is 17.4 Å². The molecule has 0 unspecified atom stereocenters. The predicted octanol–water partition coefficient (Wildman–Crippen LogP) is 3.35. The van der Waals surface area contributed by atoms with E-state index in [1.54, 1.807) is 0 Å². The van der Waals surface area contributed by atoms with Crippen molar-refractivity contribution in [1.29, 1.82) is 0 Å². The summed E-state index contributed by atoms with van der Waals surface area (Å²) in [4.78, 5) is 25.8. The molecule has 7 heteroatoms. The molecule has 166 valence electrons. The van der Waals surface area contributed by atoms with E-state index in [9.17, 15) is 4.79 Å². The van der Waals surface area contributed by atoms with Gasteiger partial charge in [0.1, 0.15) is 11.6 Å². The van der Waals surface area contributed by atoms with Gasteiger partial charge >= 0.3 is 6.01 Å². The second-order valence-corrected chi connectivity index (χ2v) is 8.78. The van der Waals surface area contributed by atoms with Crippen LogP contribution in [0.15, 0.2) is 24.3 Å². The third-order valence-electron chi connectivity index (χ3n) is 6.04. The third-order valence-corrected chi connectivity index (χ3v) is 6.04. The molecular weight excluding hydrogens is 390 g/mol. The molecule has 0 amide bonds. The Kier molecular flexibility index (Phi) is 6.70. The largest absolute Gasteiger partial charge is 0.460 e. The zero-order valence-electron chi connectivity index (χ0n) is 18.6. The molecule has 0 spiro atoms. The first kappa shape index (κ1) is 21.6. The number of nitrogens with two attached hydrogens (primary N) is 1. The van der Waals surface area contributed by atoms with Crippen LogP contribution in [0.2, 0.25) is 0 Å². The molecule has 2 aromatic rings. The Balaban J connectivity index is 1.51. The highest BCUT2D eigenvalue weighted by atomic mass is 16.5. The van der Waals surface area contributed by atoms with Crippen LogP contribution in [0.4, 0.5) is 11.6 Å². The van der Waals surface area contributed by atoms with Crippen LogP contribution >= 0.6 is 0 Å². The van der Waals surface area contributed by atoms with E-state index in [2.05, 4.69) is 46.1 Å².